The second kappa shape index (κ2) is 8.79. The van der Waals surface area contributed by atoms with E-state index >= 15 is 0 Å². The minimum Gasteiger partial charge on any atom is -0.469 e. The molecule has 17 heavy (non-hydrogen) atoms. The van der Waals surface area contributed by atoms with Crippen LogP contribution in [-0.4, -0.2) is 26.2 Å². The normalized spacial score (nSPS) is 13.1. The van der Waals surface area contributed by atoms with Crippen molar-refractivity contribution in [1.82, 2.24) is 0 Å². The van der Waals surface area contributed by atoms with E-state index in [1.807, 2.05) is 0 Å². The summed E-state index contributed by atoms with van der Waals surface area (Å²) in [6.07, 6.45) is 5.79. The third-order valence-corrected chi connectivity index (χ3v) is 2.61. The first kappa shape index (κ1) is 15.7. The van der Waals surface area contributed by atoms with Crippen LogP contribution in [-0.2, 0) is 19.1 Å². The maximum atomic E-state index is 11.5. The highest BCUT2D eigenvalue weighted by atomic mass is 16.5. The summed E-state index contributed by atoms with van der Waals surface area (Å²) >= 11 is 0. The maximum Gasteiger partial charge on any atom is 0.334 e. The molecule has 0 aliphatic rings. The van der Waals surface area contributed by atoms with Gasteiger partial charge in [-0.15, -0.1) is 0 Å². The standard InChI is InChI=1S/C13H22O4/c1-5-6-7-8-9-11(13(15)17-4)10(2)12(14)16-3/h9-10H,5-8H2,1-4H3/b11-9-. The highest BCUT2D eigenvalue weighted by molar-refractivity contribution is 5.95. The van der Waals surface area contributed by atoms with Gasteiger partial charge in [-0.05, 0) is 19.8 Å². The van der Waals surface area contributed by atoms with Crippen molar-refractivity contribution in [1.29, 1.82) is 0 Å². The Morgan fingerprint density at radius 1 is 1.18 bits per heavy atom. The fourth-order valence-corrected chi connectivity index (χ4v) is 1.51. The summed E-state index contributed by atoms with van der Waals surface area (Å²) in [5.74, 6) is -1.45. The number of hydrogen-bond donors (Lipinski definition) is 0. The second-order valence-electron chi connectivity index (χ2n) is 3.89. The summed E-state index contributed by atoms with van der Waals surface area (Å²) in [5, 5.41) is 0. The van der Waals surface area contributed by atoms with Gasteiger partial charge in [-0.3, -0.25) is 4.79 Å². The van der Waals surface area contributed by atoms with Crippen LogP contribution in [0.2, 0.25) is 0 Å². The van der Waals surface area contributed by atoms with Gasteiger partial charge in [0.25, 0.3) is 0 Å². The van der Waals surface area contributed by atoms with Gasteiger partial charge in [0.1, 0.15) is 0 Å². The van der Waals surface area contributed by atoms with Crippen LogP contribution in [0.5, 0.6) is 0 Å². The van der Waals surface area contributed by atoms with Crippen molar-refractivity contribution in [2.24, 2.45) is 5.92 Å². The van der Waals surface area contributed by atoms with E-state index < -0.39 is 17.9 Å². The zero-order valence-corrected chi connectivity index (χ0v) is 11.1. The molecule has 0 bridgehead atoms. The molecule has 0 aromatic carbocycles. The Hall–Kier alpha value is -1.32. The number of carbonyl (C=O) groups is 2. The summed E-state index contributed by atoms with van der Waals surface area (Å²) in [7, 11) is 2.62. The number of hydrogen-bond acceptors (Lipinski definition) is 4. The molecule has 0 amide bonds. The molecule has 0 N–H and O–H groups in total. The molecule has 4 nitrogen and oxygen atoms in total. The van der Waals surface area contributed by atoms with E-state index in [2.05, 4.69) is 16.4 Å². The lowest BCUT2D eigenvalue weighted by Gasteiger charge is -2.12. The van der Waals surface area contributed by atoms with Crippen LogP contribution in [0.3, 0.4) is 0 Å². The number of ether oxygens (including phenoxy) is 2. The van der Waals surface area contributed by atoms with Crippen molar-refractivity contribution in [2.45, 2.75) is 39.5 Å². The van der Waals surface area contributed by atoms with E-state index in [1.165, 1.54) is 14.2 Å². The molecular formula is C13H22O4. The average molecular weight is 242 g/mol. The molecule has 1 unspecified atom stereocenters. The summed E-state index contributed by atoms with van der Waals surface area (Å²) in [5.41, 5.74) is 0.385. The maximum absolute atomic E-state index is 11.5. The lowest BCUT2D eigenvalue weighted by molar-refractivity contribution is -0.146. The number of methoxy groups -OCH3 is 2. The molecule has 1 atom stereocenters. The molecule has 0 saturated heterocycles. The van der Waals surface area contributed by atoms with E-state index in [-0.39, 0.29) is 0 Å². The molecule has 98 valence electrons. The van der Waals surface area contributed by atoms with Gasteiger partial charge in [0.2, 0.25) is 0 Å². The quantitative estimate of drug-likeness (QED) is 0.391. The molecule has 0 aliphatic carbocycles. The zero-order chi connectivity index (χ0) is 13.3. The molecule has 0 fully saturated rings. The SMILES string of the molecule is CCCCC/C=C(\C(=O)OC)C(C)C(=O)OC. The topological polar surface area (TPSA) is 52.6 Å². The molecule has 0 rings (SSSR count). The van der Waals surface area contributed by atoms with Crippen LogP contribution >= 0.6 is 0 Å². The van der Waals surface area contributed by atoms with Crippen molar-refractivity contribution < 1.29 is 19.1 Å². The molecule has 0 saturated carbocycles. The summed E-state index contributed by atoms with van der Waals surface area (Å²) in [4.78, 5) is 22.9. The fraction of sp³-hybridized carbons (Fsp3) is 0.692. The monoisotopic (exact) mass is 242 g/mol. The molecular weight excluding hydrogens is 220 g/mol. The molecule has 0 heterocycles. The Morgan fingerprint density at radius 2 is 1.82 bits per heavy atom. The zero-order valence-electron chi connectivity index (χ0n) is 11.1. The third-order valence-electron chi connectivity index (χ3n) is 2.61. The first-order valence-electron chi connectivity index (χ1n) is 5.94. The molecule has 4 heteroatoms. The number of carbonyl (C=O) groups excluding carboxylic acids is 2. The van der Waals surface area contributed by atoms with Crippen LogP contribution in [0.4, 0.5) is 0 Å². The minimum absolute atomic E-state index is 0.385. The molecule has 0 spiro atoms. The van der Waals surface area contributed by atoms with Crippen LogP contribution in [0.1, 0.15) is 39.5 Å². The Kier molecular flexibility index (Phi) is 8.11. The van der Waals surface area contributed by atoms with Crippen LogP contribution in [0, 0.1) is 5.92 Å². The molecule has 0 radical (unpaired) electrons. The second-order valence-corrected chi connectivity index (χ2v) is 3.89. The third kappa shape index (κ3) is 5.52. The van der Waals surface area contributed by atoms with Crippen LogP contribution < -0.4 is 0 Å². The van der Waals surface area contributed by atoms with Crippen molar-refractivity contribution in [3.05, 3.63) is 11.6 Å². The fourth-order valence-electron chi connectivity index (χ4n) is 1.51. The van der Waals surface area contributed by atoms with Crippen molar-refractivity contribution in [3.63, 3.8) is 0 Å². The van der Waals surface area contributed by atoms with E-state index in [0.717, 1.165) is 25.7 Å². The Balaban J connectivity index is 4.63. The van der Waals surface area contributed by atoms with Gasteiger partial charge in [0, 0.05) is 5.57 Å². The van der Waals surface area contributed by atoms with Gasteiger partial charge in [-0.2, -0.15) is 0 Å². The van der Waals surface area contributed by atoms with E-state index in [4.69, 9.17) is 0 Å². The number of rotatable bonds is 7. The number of allylic oxidation sites excluding steroid dienone is 1. The lowest BCUT2D eigenvalue weighted by Crippen LogP contribution is -2.21. The van der Waals surface area contributed by atoms with Crippen molar-refractivity contribution >= 4 is 11.9 Å². The number of esters is 2. The van der Waals surface area contributed by atoms with Gasteiger partial charge in [0.05, 0.1) is 20.1 Å². The largest absolute Gasteiger partial charge is 0.469 e. The summed E-state index contributed by atoms with van der Waals surface area (Å²) in [6, 6.07) is 0. The summed E-state index contributed by atoms with van der Waals surface area (Å²) in [6.45, 7) is 3.76. The van der Waals surface area contributed by atoms with Gasteiger partial charge in [-0.25, -0.2) is 4.79 Å². The number of unbranched alkanes of at least 4 members (excludes halogenated alkanes) is 3. The minimum atomic E-state index is -0.575. The highest BCUT2D eigenvalue weighted by Crippen LogP contribution is 2.16. The highest BCUT2D eigenvalue weighted by Gasteiger charge is 2.24. The Morgan fingerprint density at radius 3 is 2.29 bits per heavy atom. The smallest absolute Gasteiger partial charge is 0.334 e. The molecule has 0 aromatic rings. The molecule has 0 aliphatic heterocycles. The van der Waals surface area contributed by atoms with Crippen LogP contribution in [0.25, 0.3) is 0 Å². The predicted molar refractivity (Wildman–Crippen MR) is 65.4 cm³/mol. The Bertz CT molecular complexity index is 281. The van der Waals surface area contributed by atoms with E-state index in [0.29, 0.717) is 5.57 Å². The lowest BCUT2D eigenvalue weighted by atomic mass is 9.99. The van der Waals surface area contributed by atoms with Crippen molar-refractivity contribution in [2.75, 3.05) is 14.2 Å². The van der Waals surface area contributed by atoms with Crippen molar-refractivity contribution in [3.8, 4) is 0 Å². The molecule has 0 aromatic heterocycles. The Labute approximate surface area is 103 Å². The van der Waals surface area contributed by atoms with Gasteiger partial charge in [0.15, 0.2) is 0 Å². The summed E-state index contributed by atoms with van der Waals surface area (Å²) < 4.78 is 9.30. The van der Waals surface area contributed by atoms with Gasteiger partial charge >= 0.3 is 11.9 Å². The first-order valence-corrected chi connectivity index (χ1v) is 5.94. The van der Waals surface area contributed by atoms with E-state index in [9.17, 15) is 9.59 Å². The van der Waals surface area contributed by atoms with Gasteiger partial charge < -0.3 is 9.47 Å². The van der Waals surface area contributed by atoms with Gasteiger partial charge in [-0.1, -0.05) is 25.8 Å². The van der Waals surface area contributed by atoms with E-state index in [1.54, 1.807) is 13.0 Å². The first-order chi connectivity index (χ1) is 8.08. The predicted octanol–water partition coefficient (Wildman–Crippen LogP) is 2.48. The average Bonchev–Trinajstić information content (AvgIpc) is 2.36. The van der Waals surface area contributed by atoms with Crippen LogP contribution in [0.15, 0.2) is 11.6 Å².